The molecule has 0 fully saturated rings. The van der Waals surface area contributed by atoms with Crippen molar-refractivity contribution in [3.8, 4) is 11.4 Å². The van der Waals surface area contributed by atoms with Crippen LogP contribution in [0.4, 0.5) is 0 Å². The lowest BCUT2D eigenvalue weighted by molar-refractivity contribution is 0.0980. The van der Waals surface area contributed by atoms with Crippen molar-refractivity contribution >= 4 is 15.9 Å². The quantitative estimate of drug-likeness (QED) is 0.909. The Morgan fingerprint density at radius 2 is 1.91 bits per heavy atom. The van der Waals surface area contributed by atoms with Crippen molar-refractivity contribution in [2.45, 2.75) is 20.3 Å². The summed E-state index contributed by atoms with van der Waals surface area (Å²) in [7, 11) is -3.61. The first-order valence-electron chi connectivity index (χ1n) is 6.87. The minimum atomic E-state index is -3.61. The summed E-state index contributed by atoms with van der Waals surface area (Å²) >= 11 is 0. The van der Waals surface area contributed by atoms with E-state index in [1.165, 1.54) is 6.20 Å². The van der Waals surface area contributed by atoms with Crippen molar-refractivity contribution in [1.82, 2.24) is 14.7 Å². The molecule has 0 unspecified atom stereocenters. The summed E-state index contributed by atoms with van der Waals surface area (Å²) in [6.45, 7) is 3.38. The number of nitrogens with one attached hydrogen (secondary N) is 1. The maximum Gasteiger partial charge on any atom is 0.268 e. The zero-order chi connectivity index (χ0) is 16.2. The number of sulfonamides is 1. The van der Waals surface area contributed by atoms with Crippen LogP contribution in [0.25, 0.3) is 11.4 Å². The number of aryl methyl sites for hydroxylation is 1. The minimum Gasteiger partial charge on any atom is -0.268 e. The van der Waals surface area contributed by atoms with Gasteiger partial charge in [-0.3, -0.25) is 4.79 Å². The Kier molecular flexibility index (Phi) is 4.87. The predicted octanol–water partition coefficient (Wildman–Crippen LogP) is 1.92. The summed E-state index contributed by atoms with van der Waals surface area (Å²) in [6.07, 6.45) is 1.78. The molecule has 22 heavy (non-hydrogen) atoms. The first-order chi connectivity index (χ1) is 10.4. The van der Waals surface area contributed by atoms with Crippen molar-refractivity contribution in [3.63, 3.8) is 0 Å². The van der Waals surface area contributed by atoms with Crippen molar-refractivity contribution in [2.75, 3.05) is 5.75 Å². The average molecular weight is 319 g/mol. The normalized spacial score (nSPS) is 11.2. The van der Waals surface area contributed by atoms with Gasteiger partial charge in [-0.15, -0.1) is 0 Å². The van der Waals surface area contributed by atoms with E-state index >= 15 is 0 Å². The average Bonchev–Trinajstić information content (AvgIpc) is 2.47. The number of aromatic nitrogens is 2. The van der Waals surface area contributed by atoms with E-state index in [1.54, 1.807) is 13.8 Å². The number of carbonyl (C=O) groups excluding carboxylic acids is 1. The second kappa shape index (κ2) is 6.65. The Bertz CT molecular complexity index is 774. The number of amides is 1. The van der Waals surface area contributed by atoms with Gasteiger partial charge in [0.2, 0.25) is 10.0 Å². The van der Waals surface area contributed by atoms with E-state index in [1.807, 2.05) is 35.1 Å². The summed E-state index contributed by atoms with van der Waals surface area (Å²) in [4.78, 5) is 20.4. The van der Waals surface area contributed by atoms with Crippen LogP contribution in [0, 0.1) is 6.92 Å². The standard InChI is InChI=1S/C15H17N3O3S/c1-3-9-22(20,21)18-15(19)13-10-16-14(17-11(13)2)12-7-5-4-6-8-12/h4-8,10H,3,9H2,1-2H3,(H,18,19). The van der Waals surface area contributed by atoms with Crippen molar-refractivity contribution in [3.05, 3.63) is 47.8 Å². The van der Waals surface area contributed by atoms with Crippen LogP contribution >= 0.6 is 0 Å². The van der Waals surface area contributed by atoms with Crippen LogP contribution in [0.15, 0.2) is 36.5 Å². The van der Waals surface area contributed by atoms with Gasteiger partial charge in [0.25, 0.3) is 5.91 Å². The van der Waals surface area contributed by atoms with E-state index in [2.05, 4.69) is 9.97 Å². The Morgan fingerprint density at radius 3 is 2.50 bits per heavy atom. The largest absolute Gasteiger partial charge is 0.268 e. The molecule has 1 aromatic heterocycles. The molecule has 1 heterocycles. The van der Waals surface area contributed by atoms with E-state index in [9.17, 15) is 13.2 Å². The van der Waals surface area contributed by atoms with Crippen LogP contribution in [-0.2, 0) is 10.0 Å². The number of rotatable bonds is 5. The summed E-state index contributed by atoms with van der Waals surface area (Å²) in [6, 6.07) is 9.34. The third-order valence-electron chi connectivity index (χ3n) is 2.98. The van der Waals surface area contributed by atoms with Gasteiger partial charge in [-0.05, 0) is 13.3 Å². The third-order valence-corrected chi connectivity index (χ3v) is 4.42. The zero-order valence-corrected chi connectivity index (χ0v) is 13.2. The molecule has 1 amide bonds. The lowest BCUT2D eigenvalue weighted by Crippen LogP contribution is -2.33. The van der Waals surface area contributed by atoms with Crippen molar-refractivity contribution < 1.29 is 13.2 Å². The molecular formula is C15H17N3O3S. The summed E-state index contributed by atoms with van der Waals surface area (Å²) in [5, 5.41) is 0. The van der Waals surface area contributed by atoms with E-state index in [-0.39, 0.29) is 11.3 Å². The van der Waals surface area contributed by atoms with Crippen molar-refractivity contribution in [2.24, 2.45) is 0 Å². The second-order valence-corrected chi connectivity index (χ2v) is 6.65. The van der Waals surface area contributed by atoms with Gasteiger partial charge in [0, 0.05) is 11.8 Å². The number of hydrogen-bond acceptors (Lipinski definition) is 5. The van der Waals surface area contributed by atoms with Crippen LogP contribution in [0.1, 0.15) is 29.4 Å². The summed E-state index contributed by atoms with van der Waals surface area (Å²) in [5.41, 5.74) is 1.41. The van der Waals surface area contributed by atoms with Crippen LogP contribution in [0.2, 0.25) is 0 Å². The zero-order valence-electron chi connectivity index (χ0n) is 12.4. The summed E-state index contributed by atoms with van der Waals surface area (Å²) < 4.78 is 25.3. The molecule has 1 N–H and O–H groups in total. The molecule has 0 atom stereocenters. The number of hydrogen-bond donors (Lipinski definition) is 1. The first-order valence-corrected chi connectivity index (χ1v) is 8.52. The molecule has 0 radical (unpaired) electrons. The molecule has 7 heteroatoms. The Morgan fingerprint density at radius 1 is 1.23 bits per heavy atom. The molecule has 0 aliphatic carbocycles. The molecule has 0 saturated heterocycles. The minimum absolute atomic E-state index is 0.0965. The maximum atomic E-state index is 12.0. The number of benzene rings is 1. The topological polar surface area (TPSA) is 89.0 Å². The number of nitrogens with zero attached hydrogens (tertiary/aromatic N) is 2. The van der Waals surface area contributed by atoms with Gasteiger partial charge in [-0.1, -0.05) is 37.3 Å². The second-order valence-electron chi connectivity index (χ2n) is 4.81. The molecular weight excluding hydrogens is 302 g/mol. The molecule has 2 aromatic rings. The van der Waals surface area contributed by atoms with Gasteiger partial charge >= 0.3 is 0 Å². The first kappa shape index (κ1) is 16.1. The van der Waals surface area contributed by atoms with Crippen LogP contribution in [0.5, 0.6) is 0 Å². The highest BCUT2D eigenvalue weighted by atomic mass is 32.2. The fourth-order valence-corrected chi connectivity index (χ4v) is 2.96. The van der Waals surface area contributed by atoms with E-state index in [0.717, 1.165) is 5.56 Å². The summed E-state index contributed by atoms with van der Waals surface area (Å²) in [5.74, 6) is -0.308. The monoisotopic (exact) mass is 319 g/mol. The lowest BCUT2D eigenvalue weighted by Gasteiger charge is -2.08. The van der Waals surface area contributed by atoms with Gasteiger partial charge in [0.05, 0.1) is 17.0 Å². The van der Waals surface area contributed by atoms with Gasteiger partial charge in [-0.2, -0.15) is 0 Å². The predicted molar refractivity (Wildman–Crippen MR) is 83.7 cm³/mol. The van der Waals surface area contributed by atoms with E-state index < -0.39 is 15.9 Å². The van der Waals surface area contributed by atoms with Crippen LogP contribution in [0.3, 0.4) is 0 Å². The fraction of sp³-hybridized carbons (Fsp3) is 0.267. The molecule has 0 saturated carbocycles. The van der Waals surface area contributed by atoms with E-state index in [4.69, 9.17) is 0 Å². The van der Waals surface area contributed by atoms with Crippen molar-refractivity contribution in [1.29, 1.82) is 0 Å². The molecule has 0 aliphatic rings. The highest BCUT2D eigenvalue weighted by Gasteiger charge is 2.18. The Hall–Kier alpha value is -2.28. The van der Waals surface area contributed by atoms with Gasteiger partial charge in [-0.25, -0.2) is 23.1 Å². The van der Waals surface area contributed by atoms with Crippen LogP contribution < -0.4 is 4.72 Å². The smallest absolute Gasteiger partial charge is 0.268 e. The Balaban J connectivity index is 2.25. The highest BCUT2D eigenvalue weighted by Crippen LogP contribution is 2.15. The molecule has 0 aliphatic heterocycles. The lowest BCUT2D eigenvalue weighted by atomic mass is 10.2. The molecule has 1 aromatic carbocycles. The Labute approximate surface area is 129 Å². The number of carbonyl (C=O) groups is 1. The van der Waals surface area contributed by atoms with Crippen LogP contribution in [-0.4, -0.2) is 30.0 Å². The molecule has 2 rings (SSSR count). The molecule has 116 valence electrons. The molecule has 6 nitrogen and oxygen atoms in total. The van der Waals surface area contributed by atoms with Gasteiger partial charge < -0.3 is 0 Å². The maximum absolute atomic E-state index is 12.0. The third kappa shape index (κ3) is 3.88. The SMILES string of the molecule is CCCS(=O)(=O)NC(=O)c1cnc(-c2ccccc2)nc1C. The van der Waals surface area contributed by atoms with Gasteiger partial charge in [0.1, 0.15) is 0 Å². The molecule has 0 spiro atoms. The van der Waals surface area contributed by atoms with E-state index in [0.29, 0.717) is 17.9 Å². The van der Waals surface area contributed by atoms with Gasteiger partial charge in [0.15, 0.2) is 5.82 Å². The molecule has 0 bridgehead atoms. The fourth-order valence-electron chi connectivity index (χ4n) is 1.93. The highest BCUT2D eigenvalue weighted by molar-refractivity contribution is 7.90.